The SMILES string of the molecule is O=C(CN1C(=O)N[C@@]2(CCCc3ccccc32)C1=O)Nc1cc(Cl)ccc1F. The van der Waals surface area contributed by atoms with Gasteiger partial charge < -0.3 is 10.6 Å². The van der Waals surface area contributed by atoms with Crippen LogP contribution in [0.25, 0.3) is 0 Å². The van der Waals surface area contributed by atoms with E-state index < -0.39 is 35.7 Å². The molecule has 2 N–H and O–H groups in total. The Labute approximate surface area is 165 Å². The molecule has 0 aromatic heterocycles. The smallest absolute Gasteiger partial charge is 0.322 e. The second-order valence-electron chi connectivity index (χ2n) is 6.91. The van der Waals surface area contributed by atoms with Crippen LogP contribution in [0.4, 0.5) is 14.9 Å². The largest absolute Gasteiger partial charge is 0.325 e. The van der Waals surface area contributed by atoms with Gasteiger partial charge in [0, 0.05) is 5.02 Å². The average molecular weight is 402 g/mol. The van der Waals surface area contributed by atoms with Crippen molar-refractivity contribution in [3.05, 3.63) is 64.4 Å². The van der Waals surface area contributed by atoms with E-state index in [2.05, 4.69) is 10.6 Å². The number of nitrogens with one attached hydrogen (secondary N) is 2. The summed E-state index contributed by atoms with van der Waals surface area (Å²) >= 11 is 5.82. The van der Waals surface area contributed by atoms with Crippen molar-refractivity contribution in [1.29, 1.82) is 0 Å². The van der Waals surface area contributed by atoms with E-state index in [4.69, 9.17) is 11.6 Å². The van der Waals surface area contributed by atoms with Crippen LogP contribution in [0.2, 0.25) is 5.02 Å². The summed E-state index contributed by atoms with van der Waals surface area (Å²) in [6.45, 7) is -0.513. The Kier molecular flexibility index (Phi) is 4.55. The van der Waals surface area contributed by atoms with Gasteiger partial charge in [0.25, 0.3) is 5.91 Å². The number of anilines is 1. The zero-order chi connectivity index (χ0) is 19.9. The van der Waals surface area contributed by atoms with E-state index in [-0.39, 0.29) is 10.7 Å². The number of carbonyl (C=O) groups excluding carboxylic acids is 3. The lowest BCUT2D eigenvalue weighted by Gasteiger charge is -2.33. The van der Waals surface area contributed by atoms with E-state index in [0.29, 0.717) is 6.42 Å². The van der Waals surface area contributed by atoms with Gasteiger partial charge in [0.15, 0.2) is 0 Å². The molecule has 0 unspecified atom stereocenters. The van der Waals surface area contributed by atoms with Gasteiger partial charge in [0.05, 0.1) is 5.69 Å². The quantitative estimate of drug-likeness (QED) is 0.775. The van der Waals surface area contributed by atoms with E-state index in [0.717, 1.165) is 34.9 Å². The summed E-state index contributed by atoms with van der Waals surface area (Å²) in [7, 11) is 0. The Morgan fingerprint density at radius 3 is 2.86 bits per heavy atom. The first-order chi connectivity index (χ1) is 13.4. The number of fused-ring (bicyclic) bond motifs is 2. The first-order valence-corrected chi connectivity index (χ1v) is 9.26. The molecule has 6 nitrogen and oxygen atoms in total. The summed E-state index contributed by atoms with van der Waals surface area (Å²) in [4.78, 5) is 38.8. The number of nitrogens with zero attached hydrogens (tertiary/aromatic N) is 1. The molecule has 1 aliphatic heterocycles. The zero-order valence-electron chi connectivity index (χ0n) is 14.8. The Morgan fingerprint density at radius 1 is 1.25 bits per heavy atom. The van der Waals surface area contributed by atoms with Crippen LogP contribution < -0.4 is 10.6 Å². The van der Waals surface area contributed by atoms with Gasteiger partial charge in [-0.3, -0.25) is 14.5 Å². The summed E-state index contributed by atoms with van der Waals surface area (Å²) in [6.07, 6.45) is 2.04. The van der Waals surface area contributed by atoms with Crippen molar-refractivity contribution in [3.8, 4) is 0 Å². The number of aryl methyl sites for hydroxylation is 1. The lowest BCUT2D eigenvalue weighted by Crippen LogP contribution is -2.47. The highest BCUT2D eigenvalue weighted by molar-refractivity contribution is 6.30. The first-order valence-electron chi connectivity index (χ1n) is 8.88. The van der Waals surface area contributed by atoms with Gasteiger partial charge >= 0.3 is 6.03 Å². The van der Waals surface area contributed by atoms with Crippen LogP contribution in [0.3, 0.4) is 0 Å². The van der Waals surface area contributed by atoms with Gasteiger partial charge in [0.2, 0.25) is 5.91 Å². The van der Waals surface area contributed by atoms with Gasteiger partial charge in [-0.2, -0.15) is 0 Å². The molecule has 8 heteroatoms. The summed E-state index contributed by atoms with van der Waals surface area (Å²) < 4.78 is 13.8. The van der Waals surface area contributed by atoms with Crippen LogP contribution in [0.1, 0.15) is 24.0 Å². The third-order valence-electron chi connectivity index (χ3n) is 5.15. The second-order valence-corrected chi connectivity index (χ2v) is 7.35. The minimum atomic E-state index is -1.15. The lowest BCUT2D eigenvalue weighted by atomic mass is 9.76. The van der Waals surface area contributed by atoms with Crippen molar-refractivity contribution in [3.63, 3.8) is 0 Å². The number of halogens is 2. The number of benzene rings is 2. The number of hydrogen-bond donors (Lipinski definition) is 2. The van der Waals surface area contributed by atoms with E-state index in [1.807, 2.05) is 24.3 Å². The molecule has 0 radical (unpaired) electrons. The fourth-order valence-electron chi connectivity index (χ4n) is 3.88. The van der Waals surface area contributed by atoms with E-state index in [9.17, 15) is 18.8 Å². The number of urea groups is 1. The molecular weight excluding hydrogens is 385 g/mol. The molecule has 1 heterocycles. The standard InChI is InChI=1S/C20H17ClFN3O3/c21-13-7-8-15(22)16(10-13)23-17(26)11-25-18(27)20(24-19(25)28)9-3-5-12-4-1-2-6-14(12)20/h1-2,4,6-8,10H,3,5,9,11H2,(H,23,26)(H,24,28)/t20-/m1/s1. The Hall–Kier alpha value is -2.93. The monoisotopic (exact) mass is 401 g/mol. The highest BCUT2D eigenvalue weighted by Gasteiger charge is 2.54. The van der Waals surface area contributed by atoms with Crippen molar-refractivity contribution in [2.45, 2.75) is 24.8 Å². The fourth-order valence-corrected chi connectivity index (χ4v) is 4.05. The van der Waals surface area contributed by atoms with E-state index in [1.54, 1.807) is 0 Å². The van der Waals surface area contributed by atoms with Gasteiger partial charge in [-0.1, -0.05) is 35.9 Å². The molecule has 0 bridgehead atoms. The molecule has 4 amide bonds. The van der Waals surface area contributed by atoms with Crippen LogP contribution in [0.15, 0.2) is 42.5 Å². The first kappa shape index (κ1) is 18.4. The van der Waals surface area contributed by atoms with Crippen LogP contribution in [-0.4, -0.2) is 29.3 Å². The maximum Gasteiger partial charge on any atom is 0.325 e. The number of amides is 4. The summed E-state index contributed by atoms with van der Waals surface area (Å²) in [5.41, 5.74) is 0.522. The molecular formula is C20H17ClFN3O3. The van der Waals surface area contributed by atoms with Crippen LogP contribution in [-0.2, 0) is 21.5 Å². The zero-order valence-corrected chi connectivity index (χ0v) is 15.6. The number of rotatable bonds is 3. The van der Waals surface area contributed by atoms with Gasteiger partial charge in [-0.05, 0) is 48.6 Å². The third-order valence-corrected chi connectivity index (χ3v) is 5.39. The normalized spacial score (nSPS) is 20.9. The topological polar surface area (TPSA) is 78.5 Å². The maximum absolute atomic E-state index is 13.8. The van der Waals surface area contributed by atoms with E-state index >= 15 is 0 Å². The molecule has 1 fully saturated rings. The lowest BCUT2D eigenvalue weighted by molar-refractivity contribution is -0.134. The minimum absolute atomic E-state index is 0.109. The Morgan fingerprint density at radius 2 is 2.04 bits per heavy atom. The minimum Gasteiger partial charge on any atom is -0.322 e. The highest BCUT2D eigenvalue weighted by atomic mass is 35.5. The summed E-state index contributed by atoms with van der Waals surface area (Å²) in [5, 5.41) is 5.39. The molecule has 28 heavy (non-hydrogen) atoms. The average Bonchev–Trinajstić information content (AvgIpc) is 2.90. The van der Waals surface area contributed by atoms with Crippen molar-refractivity contribution in [1.82, 2.24) is 10.2 Å². The summed E-state index contributed by atoms with van der Waals surface area (Å²) in [6, 6.07) is 10.6. The van der Waals surface area contributed by atoms with Gasteiger partial charge in [-0.15, -0.1) is 0 Å². The molecule has 4 rings (SSSR count). The van der Waals surface area contributed by atoms with Crippen LogP contribution >= 0.6 is 11.6 Å². The Bertz CT molecular complexity index is 996. The van der Waals surface area contributed by atoms with Crippen molar-refractivity contribution in [2.24, 2.45) is 0 Å². The Balaban J connectivity index is 1.56. The second kappa shape index (κ2) is 6.91. The highest BCUT2D eigenvalue weighted by Crippen LogP contribution is 2.39. The molecule has 1 atom stereocenters. The predicted octanol–water partition coefficient (Wildman–Crippen LogP) is 3.20. The molecule has 144 valence electrons. The maximum atomic E-state index is 13.8. The molecule has 0 saturated carbocycles. The van der Waals surface area contributed by atoms with Crippen molar-refractivity contribution < 1.29 is 18.8 Å². The number of imide groups is 1. The molecule has 2 aromatic carbocycles. The number of carbonyl (C=O) groups is 3. The van der Waals surface area contributed by atoms with E-state index in [1.165, 1.54) is 12.1 Å². The third kappa shape index (κ3) is 3.01. The molecule has 2 aliphatic rings. The van der Waals surface area contributed by atoms with Gasteiger partial charge in [0.1, 0.15) is 17.9 Å². The van der Waals surface area contributed by atoms with Crippen LogP contribution in [0, 0.1) is 5.82 Å². The van der Waals surface area contributed by atoms with Crippen molar-refractivity contribution in [2.75, 3.05) is 11.9 Å². The number of hydrogen-bond acceptors (Lipinski definition) is 3. The molecule has 2 aromatic rings. The van der Waals surface area contributed by atoms with Gasteiger partial charge in [-0.25, -0.2) is 9.18 Å². The molecule has 1 aliphatic carbocycles. The predicted molar refractivity (Wildman–Crippen MR) is 101 cm³/mol. The summed E-state index contributed by atoms with van der Waals surface area (Å²) in [5.74, 6) is -1.81. The molecule has 1 spiro atoms. The molecule has 1 saturated heterocycles. The fraction of sp³-hybridized carbons (Fsp3) is 0.250. The van der Waals surface area contributed by atoms with Crippen molar-refractivity contribution >= 4 is 35.1 Å². The van der Waals surface area contributed by atoms with Crippen LogP contribution in [0.5, 0.6) is 0 Å².